The van der Waals surface area contributed by atoms with Crippen LogP contribution >= 0.6 is 0 Å². The highest BCUT2D eigenvalue weighted by Gasteiger charge is 2.13. The predicted molar refractivity (Wildman–Crippen MR) is 56.9 cm³/mol. The summed E-state index contributed by atoms with van der Waals surface area (Å²) in [5, 5.41) is 0. The van der Waals surface area contributed by atoms with Gasteiger partial charge in [0.05, 0.1) is 14.2 Å². The van der Waals surface area contributed by atoms with Crippen molar-refractivity contribution in [2.75, 3.05) is 14.2 Å². The Kier molecular flexibility index (Phi) is 3.91. The van der Waals surface area contributed by atoms with E-state index in [1.54, 1.807) is 6.07 Å². The summed E-state index contributed by atoms with van der Waals surface area (Å²) in [7, 11) is 2.98. The first-order valence-corrected chi connectivity index (χ1v) is 4.74. The molecule has 0 saturated carbocycles. The van der Waals surface area contributed by atoms with Crippen LogP contribution in [0.15, 0.2) is 12.1 Å². The average Bonchev–Trinajstić information content (AvgIpc) is 2.20. The average molecular weight is 213 g/mol. The van der Waals surface area contributed by atoms with Crippen LogP contribution < -0.4 is 15.2 Å². The fourth-order valence-corrected chi connectivity index (χ4v) is 1.41. The maximum absolute atomic E-state index is 13.6. The smallest absolute Gasteiger partial charge is 0.133 e. The summed E-state index contributed by atoms with van der Waals surface area (Å²) in [6.45, 7) is 1.82. The minimum Gasteiger partial charge on any atom is -0.497 e. The number of rotatable bonds is 4. The molecular weight excluding hydrogens is 197 g/mol. The summed E-state index contributed by atoms with van der Waals surface area (Å²) in [6.07, 6.45) is 0.443. The Morgan fingerprint density at radius 1 is 1.33 bits per heavy atom. The van der Waals surface area contributed by atoms with Crippen molar-refractivity contribution in [1.29, 1.82) is 0 Å². The van der Waals surface area contributed by atoms with Gasteiger partial charge in [0.2, 0.25) is 0 Å². The molecule has 0 bridgehead atoms. The lowest BCUT2D eigenvalue weighted by molar-refractivity contribution is 0.382. The van der Waals surface area contributed by atoms with Crippen molar-refractivity contribution in [3.05, 3.63) is 23.5 Å². The molecule has 2 N–H and O–H groups in total. The Morgan fingerprint density at radius 3 is 2.47 bits per heavy atom. The largest absolute Gasteiger partial charge is 0.497 e. The molecular formula is C11H16FNO2. The quantitative estimate of drug-likeness (QED) is 0.828. The van der Waals surface area contributed by atoms with Gasteiger partial charge >= 0.3 is 0 Å². The van der Waals surface area contributed by atoms with Gasteiger partial charge in [-0.3, -0.25) is 0 Å². The molecule has 0 amide bonds. The van der Waals surface area contributed by atoms with Crippen molar-refractivity contribution in [3.8, 4) is 11.5 Å². The molecule has 1 unspecified atom stereocenters. The van der Waals surface area contributed by atoms with Gasteiger partial charge in [-0.25, -0.2) is 4.39 Å². The van der Waals surface area contributed by atoms with E-state index in [0.29, 0.717) is 23.5 Å². The Hall–Kier alpha value is -1.29. The van der Waals surface area contributed by atoms with Gasteiger partial charge < -0.3 is 15.2 Å². The van der Waals surface area contributed by atoms with Gasteiger partial charge in [0.15, 0.2) is 0 Å². The van der Waals surface area contributed by atoms with E-state index in [2.05, 4.69) is 0 Å². The molecule has 0 spiro atoms. The first-order valence-electron chi connectivity index (χ1n) is 4.74. The molecule has 0 heterocycles. The van der Waals surface area contributed by atoms with Gasteiger partial charge in [-0.05, 0) is 13.3 Å². The van der Waals surface area contributed by atoms with Crippen molar-refractivity contribution >= 4 is 0 Å². The van der Waals surface area contributed by atoms with Crippen molar-refractivity contribution in [1.82, 2.24) is 0 Å². The second-order valence-corrected chi connectivity index (χ2v) is 3.47. The number of halogens is 1. The molecule has 0 radical (unpaired) electrons. The van der Waals surface area contributed by atoms with Crippen LogP contribution in [0.5, 0.6) is 11.5 Å². The van der Waals surface area contributed by atoms with E-state index in [-0.39, 0.29) is 11.9 Å². The van der Waals surface area contributed by atoms with Gasteiger partial charge in [0, 0.05) is 23.7 Å². The summed E-state index contributed by atoms with van der Waals surface area (Å²) in [5.74, 6) is 0.574. The summed E-state index contributed by atoms with van der Waals surface area (Å²) < 4.78 is 23.7. The van der Waals surface area contributed by atoms with Gasteiger partial charge in [-0.1, -0.05) is 0 Å². The summed E-state index contributed by atoms with van der Waals surface area (Å²) in [4.78, 5) is 0. The fraction of sp³-hybridized carbons (Fsp3) is 0.455. The van der Waals surface area contributed by atoms with Crippen LogP contribution in [0.4, 0.5) is 4.39 Å². The minimum atomic E-state index is -0.344. The first-order chi connectivity index (χ1) is 7.08. The fourth-order valence-electron chi connectivity index (χ4n) is 1.41. The molecule has 0 fully saturated rings. The maximum Gasteiger partial charge on any atom is 0.133 e. The Bertz CT molecular complexity index is 340. The lowest BCUT2D eigenvalue weighted by Gasteiger charge is -2.13. The topological polar surface area (TPSA) is 44.5 Å². The summed E-state index contributed by atoms with van der Waals surface area (Å²) >= 11 is 0. The molecule has 1 aromatic carbocycles. The van der Waals surface area contributed by atoms with Gasteiger partial charge in [0.1, 0.15) is 17.3 Å². The zero-order valence-corrected chi connectivity index (χ0v) is 9.21. The number of ether oxygens (including phenoxy) is 2. The SMILES string of the molecule is COc1cc(F)c(CC(C)N)c(OC)c1. The number of methoxy groups -OCH3 is 2. The third kappa shape index (κ3) is 2.83. The molecule has 0 aliphatic rings. The monoisotopic (exact) mass is 213 g/mol. The zero-order valence-electron chi connectivity index (χ0n) is 9.21. The van der Waals surface area contributed by atoms with Crippen molar-refractivity contribution in [3.63, 3.8) is 0 Å². The third-order valence-electron chi connectivity index (χ3n) is 2.11. The molecule has 0 aliphatic carbocycles. The molecule has 15 heavy (non-hydrogen) atoms. The lowest BCUT2D eigenvalue weighted by atomic mass is 10.1. The molecule has 84 valence electrons. The van der Waals surface area contributed by atoms with Crippen LogP contribution in [-0.2, 0) is 6.42 Å². The number of hydrogen-bond donors (Lipinski definition) is 1. The van der Waals surface area contributed by atoms with Gasteiger partial charge in [-0.15, -0.1) is 0 Å². The van der Waals surface area contributed by atoms with E-state index >= 15 is 0 Å². The molecule has 0 aromatic heterocycles. The second-order valence-electron chi connectivity index (χ2n) is 3.47. The van der Waals surface area contributed by atoms with E-state index in [9.17, 15) is 4.39 Å². The normalized spacial score (nSPS) is 12.3. The Balaban J connectivity index is 3.12. The number of benzene rings is 1. The highest BCUT2D eigenvalue weighted by molar-refractivity contribution is 5.42. The summed E-state index contributed by atoms with van der Waals surface area (Å²) in [5.41, 5.74) is 6.13. The van der Waals surface area contributed by atoms with E-state index < -0.39 is 0 Å². The molecule has 1 atom stereocenters. The van der Waals surface area contributed by atoms with Crippen molar-refractivity contribution < 1.29 is 13.9 Å². The van der Waals surface area contributed by atoms with Crippen molar-refractivity contribution in [2.24, 2.45) is 5.73 Å². The van der Waals surface area contributed by atoms with Crippen LogP contribution in [0.3, 0.4) is 0 Å². The number of nitrogens with two attached hydrogens (primary N) is 1. The van der Waals surface area contributed by atoms with Crippen LogP contribution in [0.25, 0.3) is 0 Å². The number of hydrogen-bond acceptors (Lipinski definition) is 3. The van der Waals surface area contributed by atoms with E-state index in [1.165, 1.54) is 20.3 Å². The molecule has 1 rings (SSSR count). The molecule has 4 heteroatoms. The highest BCUT2D eigenvalue weighted by atomic mass is 19.1. The molecule has 1 aromatic rings. The molecule has 0 aliphatic heterocycles. The molecule has 0 saturated heterocycles. The lowest BCUT2D eigenvalue weighted by Crippen LogP contribution is -2.19. The Morgan fingerprint density at radius 2 is 2.00 bits per heavy atom. The highest BCUT2D eigenvalue weighted by Crippen LogP contribution is 2.28. The van der Waals surface area contributed by atoms with Gasteiger partial charge in [0.25, 0.3) is 0 Å². The zero-order chi connectivity index (χ0) is 11.4. The maximum atomic E-state index is 13.6. The van der Waals surface area contributed by atoms with E-state index in [1.807, 2.05) is 6.92 Å². The minimum absolute atomic E-state index is 0.109. The second kappa shape index (κ2) is 4.98. The van der Waals surface area contributed by atoms with Crippen LogP contribution in [0.2, 0.25) is 0 Å². The van der Waals surface area contributed by atoms with Gasteiger partial charge in [-0.2, -0.15) is 0 Å². The summed E-state index contributed by atoms with van der Waals surface area (Å²) in [6, 6.07) is 2.88. The van der Waals surface area contributed by atoms with Crippen molar-refractivity contribution in [2.45, 2.75) is 19.4 Å². The van der Waals surface area contributed by atoms with E-state index in [4.69, 9.17) is 15.2 Å². The first kappa shape index (κ1) is 11.8. The third-order valence-corrected chi connectivity index (χ3v) is 2.11. The molecule has 3 nitrogen and oxygen atoms in total. The van der Waals surface area contributed by atoms with Crippen LogP contribution in [0, 0.1) is 5.82 Å². The van der Waals surface area contributed by atoms with E-state index in [0.717, 1.165) is 0 Å². The van der Waals surface area contributed by atoms with Crippen LogP contribution in [-0.4, -0.2) is 20.3 Å². The van der Waals surface area contributed by atoms with Crippen LogP contribution in [0.1, 0.15) is 12.5 Å². The Labute approximate surface area is 89.0 Å². The predicted octanol–water partition coefficient (Wildman–Crippen LogP) is 1.73. The standard InChI is InChI=1S/C11H16FNO2/c1-7(13)4-9-10(12)5-8(14-2)6-11(9)15-3/h5-7H,4,13H2,1-3H3.